The number of nitrogens with two attached hydrogens (primary N) is 1. The van der Waals surface area contributed by atoms with E-state index in [-0.39, 0.29) is 10.6 Å². The van der Waals surface area contributed by atoms with Gasteiger partial charge in [0, 0.05) is 36.5 Å². The average Bonchev–Trinajstić information content (AvgIpc) is 2.59. The molecule has 25 heavy (non-hydrogen) atoms. The fraction of sp³-hybridized carbons (Fsp3) is 0.250. The van der Waals surface area contributed by atoms with Crippen LogP contribution in [-0.4, -0.2) is 27.0 Å². The first-order valence-corrected chi connectivity index (χ1v) is 9.06. The van der Waals surface area contributed by atoms with Crippen molar-refractivity contribution in [2.45, 2.75) is 17.9 Å². The zero-order valence-electron chi connectivity index (χ0n) is 13.5. The molecule has 0 atom stereocenters. The zero-order valence-corrected chi connectivity index (χ0v) is 14.3. The monoisotopic (exact) mass is 363 g/mol. The third-order valence-electron chi connectivity index (χ3n) is 4.22. The van der Waals surface area contributed by atoms with Crippen molar-refractivity contribution in [3.05, 3.63) is 57.6 Å². The standard InChI is InChI=1S/C16H17N3O5S/c1-24-16-4-2-3-11-10-18(6-5-15(11)16)12-7-13(19(20)21)9-14(8-12)25(17,22)23/h2-4,7-9H,5-6,10H2,1H3,(H2,17,22,23). The van der Waals surface area contributed by atoms with Gasteiger partial charge in [-0.15, -0.1) is 0 Å². The van der Waals surface area contributed by atoms with Crippen LogP contribution >= 0.6 is 0 Å². The molecule has 1 aliphatic heterocycles. The molecule has 0 amide bonds. The Labute approximate surface area is 145 Å². The summed E-state index contributed by atoms with van der Waals surface area (Å²) in [5, 5.41) is 16.3. The van der Waals surface area contributed by atoms with E-state index in [2.05, 4.69) is 0 Å². The number of non-ortho nitro benzene ring substituents is 1. The highest BCUT2D eigenvalue weighted by molar-refractivity contribution is 7.89. The highest BCUT2D eigenvalue weighted by Gasteiger charge is 2.23. The number of methoxy groups -OCH3 is 1. The van der Waals surface area contributed by atoms with Gasteiger partial charge >= 0.3 is 0 Å². The Morgan fingerprint density at radius 3 is 2.68 bits per heavy atom. The Bertz CT molecular complexity index is 943. The third-order valence-corrected chi connectivity index (χ3v) is 5.12. The summed E-state index contributed by atoms with van der Waals surface area (Å²) in [5.41, 5.74) is 2.28. The molecule has 1 aliphatic rings. The summed E-state index contributed by atoms with van der Waals surface area (Å²) in [5.74, 6) is 0.807. The van der Waals surface area contributed by atoms with Crippen LogP contribution in [-0.2, 0) is 23.0 Å². The van der Waals surface area contributed by atoms with E-state index in [1.165, 1.54) is 12.1 Å². The molecule has 2 N–H and O–H groups in total. The first-order chi connectivity index (χ1) is 11.8. The van der Waals surface area contributed by atoms with Gasteiger partial charge in [-0.2, -0.15) is 0 Å². The molecule has 0 spiro atoms. The Balaban J connectivity index is 2.02. The Morgan fingerprint density at radius 2 is 2.04 bits per heavy atom. The SMILES string of the molecule is COc1cccc2c1CCN(c1cc([N+](=O)[O-])cc(S(N)(=O)=O)c1)C2. The lowest BCUT2D eigenvalue weighted by Crippen LogP contribution is -2.30. The molecule has 3 rings (SSSR count). The normalized spacial score (nSPS) is 14.1. The summed E-state index contributed by atoms with van der Waals surface area (Å²) in [6.07, 6.45) is 0.687. The molecule has 0 radical (unpaired) electrons. The van der Waals surface area contributed by atoms with Crippen LogP contribution in [0.2, 0.25) is 0 Å². The molecular weight excluding hydrogens is 346 g/mol. The van der Waals surface area contributed by atoms with E-state index in [1.807, 2.05) is 23.1 Å². The summed E-state index contributed by atoms with van der Waals surface area (Å²) in [7, 11) is -2.43. The van der Waals surface area contributed by atoms with Crippen LogP contribution in [0, 0.1) is 10.1 Å². The lowest BCUT2D eigenvalue weighted by molar-refractivity contribution is -0.385. The van der Waals surface area contributed by atoms with Crippen molar-refractivity contribution < 1.29 is 18.1 Å². The molecule has 2 aromatic carbocycles. The Morgan fingerprint density at radius 1 is 1.28 bits per heavy atom. The lowest BCUT2D eigenvalue weighted by Gasteiger charge is -2.31. The maximum atomic E-state index is 11.6. The van der Waals surface area contributed by atoms with Gasteiger partial charge in [0.15, 0.2) is 0 Å². The second-order valence-corrected chi connectivity index (χ2v) is 7.32. The molecule has 0 bridgehead atoms. The molecule has 8 nitrogen and oxygen atoms in total. The van der Waals surface area contributed by atoms with Crippen LogP contribution in [0.15, 0.2) is 41.3 Å². The first kappa shape index (κ1) is 17.2. The number of nitro benzene ring substituents is 1. The molecule has 132 valence electrons. The average molecular weight is 363 g/mol. The summed E-state index contributed by atoms with van der Waals surface area (Å²) in [6, 6.07) is 9.43. The van der Waals surface area contributed by atoms with Gasteiger partial charge in [0.05, 0.1) is 16.9 Å². The highest BCUT2D eigenvalue weighted by Crippen LogP contribution is 2.33. The largest absolute Gasteiger partial charge is 0.496 e. The van der Waals surface area contributed by atoms with Crippen LogP contribution in [0.25, 0.3) is 0 Å². The number of hydrogen-bond acceptors (Lipinski definition) is 6. The fourth-order valence-electron chi connectivity index (χ4n) is 3.01. The molecule has 0 fully saturated rings. The number of anilines is 1. The summed E-state index contributed by atoms with van der Waals surface area (Å²) in [6.45, 7) is 1.08. The topological polar surface area (TPSA) is 116 Å². The number of benzene rings is 2. The number of nitrogens with zero attached hydrogens (tertiary/aromatic N) is 2. The predicted octanol–water partition coefficient (Wildman–Crippen LogP) is 1.81. The minimum absolute atomic E-state index is 0.270. The van der Waals surface area contributed by atoms with Crippen LogP contribution in [0.4, 0.5) is 11.4 Å². The number of primary sulfonamides is 1. The van der Waals surface area contributed by atoms with E-state index >= 15 is 0 Å². The Hall–Kier alpha value is -2.65. The van der Waals surface area contributed by atoms with Gasteiger partial charge in [0.2, 0.25) is 10.0 Å². The predicted molar refractivity (Wildman–Crippen MR) is 92.2 cm³/mol. The first-order valence-electron chi connectivity index (χ1n) is 7.51. The van der Waals surface area contributed by atoms with Gasteiger partial charge in [-0.05, 0) is 24.1 Å². The second kappa shape index (κ2) is 6.34. The lowest BCUT2D eigenvalue weighted by atomic mass is 9.98. The van der Waals surface area contributed by atoms with Gasteiger partial charge in [0.1, 0.15) is 5.75 Å². The summed E-state index contributed by atoms with van der Waals surface area (Å²) in [4.78, 5) is 12.1. The van der Waals surface area contributed by atoms with Crippen LogP contribution in [0.1, 0.15) is 11.1 Å². The van der Waals surface area contributed by atoms with Crippen LogP contribution < -0.4 is 14.8 Å². The maximum absolute atomic E-state index is 11.6. The van der Waals surface area contributed by atoms with Crippen molar-refractivity contribution in [1.82, 2.24) is 0 Å². The van der Waals surface area contributed by atoms with Crippen molar-refractivity contribution >= 4 is 21.4 Å². The van der Waals surface area contributed by atoms with E-state index in [0.717, 1.165) is 22.9 Å². The number of ether oxygens (including phenoxy) is 1. The fourth-order valence-corrected chi connectivity index (χ4v) is 3.58. The van der Waals surface area contributed by atoms with Crippen molar-refractivity contribution in [2.24, 2.45) is 5.14 Å². The number of rotatable bonds is 4. The minimum Gasteiger partial charge on any atom is -0.496 e. The smallest absolute Gasteiger partial charge is 0.272 e. The van der Waals surface area contributed by atoms with E-state index in [0.29, 0.717) is 25.2 Å². The molecular formula is C16H17N3O5S. The molecule has 0 saturated heterocycles. The molecule has 0 unspecified atom stereocenters. The number of sulfonamides is 1. The maximum Gasteiger partial charge on any atom is 0.272 e. The molecule has 2 aromatic rings. The summed E-state index contributed by atoms with van der Waals surface area (Å²) < 4.78 is 28.7. The van der Waals surface area contributed by atoms with Crippen LogP contribution in [0.5, 0.6) is 5.75 Å². The Kier molecular flexibility index (Phi) is 4.36. The van der Waals surface area contributed by atoms with Crippen molar-refractivity contribution in [3.8, 4) is 5.75 Å². The quantitative estimate of drug-likeness (QED) is 0.654. The molecule has 0 aliphatic carbocycles. The molecule has 0 saturated carbocycles. The molecule has 9 heteroatoms. The van der Waals surface area contributed by atoms with E-state index in [4.69, 9.17) is 9.88 Å². The molecule has 1 heterocycles. The number of nitro groups is 1. The molecule has 0 aromatic heterocycles. The van der Waals surface area contributed by atoms with E-state index in [1.54, 1.807) is 7.11 Å². The van der Waals surface area contributed by atoms with Gasteiger partial charge in [-0.1, -0.05) is 12.1 Å². The van der Waals surface area contributed by atoms with Gasteiger partial charge in [-0.3, -0.25) is 10.1 Å². The van der Waals surface area contributed by atoms with E-state index in [9.17, 15) is 18.5 Å². The van der Waals surface area contributed by atoms with Gasteiger partial charge < -0.3 is 9.64 Å². The number of hydrogen-bond donors (Lipinski definition) is 1. The second-order valence-electron chi connectivity index (χ2n) is 5.76. The van der Waals surface area contributed by atoms with Gasteiger partial charge in [-0.25, -0.2) is 13.6 Å². The number of fused-ring (bicyclic) bond motifs is 1. The highest BCUT2D eigenvalue weighted by atomic mass is 32.2. The van der Waals surface area contributed by atoms with Crippen molar-refractivity contribution in [2.75, 3.05) is 18.6 Å². The van der Waals surface area contributed by atoms with Crippen LogP contribution in [0.3, 0.4) is 0 Å². The zero-order chi connectivity index (χ0) is 18.2. The van der Waals surface area contributed by atoms with Crippen molar-refractivity contribution in [1.29, 1.82) is 0 Å². The minimum atomic E-state index is -4.04. The van der Waals surface area contributed by atoms with Gasteiger partial charge in [0.25, 0.3) is 5.69 Å². The third kappa shape index (κ3) is 3.42. The van der Waals surface area contributed by atoms with E-state index < -0.39 is 14.9 Å². The summed E-state index contributed by atoms with van der Waals surface area (Å²) >= 11 is 0. The van der Waals surface area contributed by atoms with Crippen molar-refractivity contribution in [3.63, 3.8) is 0 Å².